The average molecular weight is 265 g/mol. The molecule has 2 bridgehead atoms. The second kappa shape index (κ2) is 3.40. The fourth-order valence-corrected chi connectivity index (χ4v) is 3.11. The minimum Gasteiger partial charge on any atom is -0.459 e. The molecule has 0 spiro atoms. The predicted molar refractivity (Wildman–Crippen MR) is 58.6 cm³/mol. The van der Waals surface area contributed by atoms with Gasteiger partial charge in [0.1, 0.15) is 11.6 Å². The van der Waals surface area contributed by atoms with Crippen molar-refractivity contribution < 1.29 is 22.7 Å². The van der Waals surface area contributed by atoms with E-state index in [1.165, 1.54) is 0 Å². The highest BCUT2D eigenvalue weighted by molar-refractivity contribution is 5.78. The third-order valence-corrected chi connectivity index (χ3v) is 3.99. The van der Waals surface area contributed by atoms with E-state index < -0.39 is 34.6 Å². The first kappa shape index (κ1) is 13.6. The molecule has 0 radical (unpaired) electrons. The van der Waals surface area contributed by atoms with Crippen molar-refractivity contribution in [3.05, 3.63) is 0 Å². The highest BCUT2D eigenvalue weighted by Gasteiger charge is 2.80. The van der Waals surface area contributed by atoms with Gasteiger partial charge in [-0.25, -0.2) is 0 Å². The van der Waals surface area contributed by atoms with E-state index in [4.69, 9.17) is 10.5 Å². The van der Waals surface area contributed by atoms with Crippen molar-refractivity contribution in [3.8, 4) is 0 Å². The van der Waals surface area contributed by atoms with Gasteiger partial charge >= 0.3 is 12.1 Å². The Morgan fingerprint density at radius 2 is 1.67 bits per heavy atom. The molecule has 3 saturated carbocycles. The highest BCUT2D eigenvalue weighted by Crippen LogP contribution is 2.79. The Balaban J connectivity index is 1.96. The van der Waals surface area contributed by atoms with E-state index >= 15 is 0 Å². The number of carbonyl (C=O) groups excluding carboxylic acids is 1. The Labute approximate surface area is 104 Å². The summed E-state index contributed by atoms with van der Waals surface area (Å²) in [6.45, 7) is 5.12. The summed E-state index contributed by atoms with van der Waals surface area (Å²) in [7, 11) is 0. The van der Waals surface area contributed by atoms with Crippen LogP contribution < -0.4 is 5.73 Å². The van der Waals surface area contributed by atoms with Gasteiger partial charge < -0.3 is 10.5 Å². The minimum absolute atomic E-state index is 0.0378. The van der Waals surface area contributed by atoms with Gasteiger partial charge in [-0.1, -0.05) is 0 Å². The van der Waals surface area contributed by atoms with Crippen molar-refractivity contribution in [1.29, 1.82) is 0 Å². The van der Waals surface area contributed by atoms with Crippen LogP contribution in [-0.4, -0.2) is 23.8 Å². The molecule has 0 amide bonds. The van der Waals surface area contributed by atoms with Gasteiger partial charge in [0.05, 0.1) is 5.41 Å². The van der Waals surface area contributed by atoms with E-state index in [2.05, 4.69) is 0 Å². The molecule has 3 fully saturated rings. The van der Waals surface area contributed by atoms with Gasteiger partial charge in [-0.05, 0) is 45.4 Å². The molecule has 104 valence electrons. The Hall–Kier alpha value is -0.780. The molecular weight excluding hydrogens is 247 g/mol. The first-order valence-corrected chi connectivity index (χ1v) is 5.96. The summed E-state index contributed by atoms with van der Waals surface area (Å²) >= 11 is 0. The predicted octanol–water partition coefficient (Wildman–Crippen LogP) is 2.39. The normalized spacial score (nSPS) is 36.4. The summed E-state index contributed by atoms with van der Waals surface area (Å²) in [6, 6.07) is -0.944. The van der Waals surface area contributed by atoms with Crippen LogP contribution in [0.3, 0.4) is 0 Å². The van der Waals surface area contributed by atoms with E-state index in [0.29, 0.717) is 0 Å². The van der Waals surface area contributed by atoms with Crippen molar-refractivity contribution in [2.24, 2.45) is 16.6 Å². The molecule has 0 aromatic rings. The number of hydrogen-bond donors (Lipinski definition) is 1. The second-order valence-corrected chi connectivity index (χ2v) is 6.68. The summed E-state index contributed by atoms with van der Waals surface area (Å²) in [6.07, 6.45) is -4.29. The van der Waals surface area contributed by atoms with Crippen LogP contribution in [0.5, 0.6) is 0 Å². The van der Waals surface area contributed by atoms with Crippen LogP contribution >= 0.6 is 0 Å². The van der Waals surface area contributed by atoms with Gasteiger partial charge in [0.25, 0.3) is 0 Å². The maximum atomic E-state index is 12.7. The molecular formula is C12H18F3NO2. The summed E-state index contributed by atoms with van der Waals surface area (Å²) in [4.78, 5) is 11.7. The zero-order chi connectivity index (χ0) is 14.0. The van der Waals surface area contributed by atoms with Crippen molar-refractivity contribution in [2.75, 3.05) is 0 Å². The molecule has 0 unspecified atom stereocenters. The van der Waals surface area contributed by atoms with Gasteiger partial charge in [-0.15, -0.1) is 0 Å². The Kier molecular flexibility index (Phi) is 2.58. The number of alkyl halides is 3. The smallest absolute Gasteiger partial charge is 0.394 e. The van der Waals surface area contributed by atoms with Crippen molar-refractivity contribution in [1.82, 2.24) is 0 Å². The molecule has 18 heavy (non-hydrogen) atoms. The third-order valence-electron chi connectivity index (χ3n) is 3.99. The molecule has 3 rings (SSSR count). The summed E-state index contributed by atoms with van der Waals surface area (Å²) in [5.74, 6) is -0.599. The number of rotatable bonds is 2. The second-order valence-electron chi connectivity index (χ2n) is 6.68. The number of carbonyl (C=O) groups is 1. The quantitative estimate of drug-likeness (QED) is 0.780. The average Bonchev–Trinajstić information content (AvgIpc) is 1.91. The summed E-state index contributed by atoms with van der Waals surface area (Å²) < 4.78 is 43.1. The first-order chi connectivity index (χ1) is 7.91. The van der Waals surface area contributed by atoms with Crippen molar-refractivity contribution in [3.63, 3.8) is 0 Å². The van der Waals surface area contributed by atoms with Gasteiger partial charge in [0.15, 0.2) is 0 Å². The molecule has 2 N–H and O–H groups in total. The molecule has 1 atom stereocenters. The van der Waals surface area contributed by atoms with Crippen molar-refractivity contribution >= 4 is 5.97 Å². The van der Waals surface area contributed by atoms with Gasteiger partial charge in [0, 0.05) is 0 Å². The molecule has 6 heteroatoms. The third kappa shape index (κ3) is 1.81. The minimum atomic E-state index is -4.18. The van der Waals surface area contributed by atoms with Gasteiger partial charge in [0.2, 0.25) is 0 Å². The Bertz CT molecular complexity index is 364. The number of nitrogens with two attached hydrogens (primary N) is 1. The first-order valence-electron chi connectivity index (χ1n) is 5.96. The molecule has 3 aliphatic rings. The van der Waals surface area contributed by atoms with Crippen LogP contribution in [-0.2, 0) is 9.53 Å². The van der Waals surface area contributed by atoms with Gasteiger partial charge in [-0.2, -0.15) is 13.2 Å². The highest BCUT2D eigenvalue weighted by atomic mass is 19.4. The van der Waals surface area contributed by atoms with E-state index in [9.17, 15) is 18.0 Å². The Morgan fingerprint density at radius 1 is 1.22 bits per heavy atom. The fourth-order valence-electron chi connectivity index (χ4n) is 3.11. The number of ether oxygens (including phenoxy) is 1. The van der Waals surface area contributed by atoms with Crippen LogP contribution in [0.1, 0.15) is 40.0 Å². The Morgan fingerprint density at radius 3 is 2.00 bits per heavy atom. The summed E-state index contributed by atoms with van der Waals surface area (Å²) in [5.41, 5.74) is 2.84. The molecule has 0 aromatic heterocycles. The molecule has 0 aromatic carbocycles. The SMILES string of the molecule is CC(C)(C)OC(=O)[C@@H](N)C12CC(C(F)(F)F)(C1)C2. The van der Waals surface area contributed by atoms with E-state index in [-0.39, 0.29) is 19.3 Å². The molecule has 3 aliphatic carbocycles. The lowest BCUT2D eigenvalue weighted by Crippen LogP contribution is -2.75. The van der Waals surface area contributed by atoms with E-state index in [1.807, 2.05) is 0 Å². The van der Waals surface area contributed by atoms with E-state index in [0.717, 1.165) is 0 Å². The van der Waals surface area contributed by atoms with Crippen LogP contribution in [0, 0.1) is 10.8 Å². The molecule has 0 aliphatic heterocycles. The topological polar surface area (TPSA) is 52.3 Å². The fraction of sp³-hybridized carbons (Fsp3) is 0.917. The lowest BCUT2D eigenvalue weighted by molar-refractivity contribution is -0.366. The number of esters is 1. The molecule has 0 saturated heterocycles. The summed E-state index contributed by atoms with van der Waals surface area (Å²) in [5, 5.41) is 0. The maximum Gasteiger partial charge on any atom is 0.394 e. The van der Waals surface area contributed by atoms with E-state index in [1.54, 1.807) is 20.8 Å². The molecule has 3 nitrogen and oxygen atoms in total. The van der Waals surface area contributed by atoms with Crippen LogP contribution in [0.15, 0.2) is 0 Å². The monoisotopic (exact) mass is 265 g/mol. The zero-order valence-corrected chi connectivity index (χ0v) is 10.7. The van der Waals surface area contributed by atoms with Gasteiger partial charge in [-0.3, -0.25) is 4.79 Å². The lowest BCUT2D eigenvalue weighted by atomic mass is 9.33. The zero-order valence-electron chi connectivity index (χ0n) is 10.7. The standard InChI is InChI=1S/C12H18F3NO2/c1-9(2,3)18-8(17)7(16)10-4-11(5-10,6-10)12(13,14)15/h7H,4-6,16H2,1-3H3/t7-,10?,11?/m1/s1. The van der Waals surface area contributed by atoms with Crippen molar-refractivity contribution in [2.45, 2.75) is 57.9 Å². The largest absolute Gasteiger partial charge is 0.459 e. The van der Waals surface area contributed by atoms with Crippen LogP contribution in [0.25, 0.3) is 0 Å². The maximum absolute atomic E-state index is 12.7. The van der Waals surface area contributed by atoms with Crippen LogP contribution in [0.4, 0.5) is 13.2 Å². The van der Waals surface area contributed by atoms with Crippen LogP contribution in [0.2, 0.25) is 0 Å². The number of halogens is 3. The molecule has 0 heterocycles. The number of hydrogen-bond acceptors (Lipinski definition) is 3. The lowest BCUT2D eigenvalue weighted by Gasteiger charge is -2.71.